The molecule has 7 nitrogen and oxygen atoms in total. The molecule has 30 heavy (non-hydrogen) atoms. The van der Waals surface area contributed by atoms with Crippen LogP contribution in [0.1, 0.15) is 28.8 Å². The van der Waals surface area contributed by atoms with E-state index >= 15 is 0 Å². The van der Waals surface area contributed by atoms with Crippen LogP contribution in [0.4, 0.5) is 5.69 Å². The van der Waals surface area contributed by atoms with Crippen molar-refractivity contribution in [3.8, 4) is 5.75 Å². The zero-order chi connectivity index (χ0) is 21.1. The highest BCUT2D eigenvalue weighted by Crippen LogP contribution is 2.33. The molecule has 2 aromatic rings. The largest absolute Gasteiger partial charge is 0.482 e. The van der Waals surface area contributed by atoms with Gasteiger partial charge in [0.1, 0.15) is 12.3 Å². The van der Waals surface area contributed by atoms with Gasteiger partial charge in [0.15, 0.2) is 6.61 Å². The van der Waals surface area contributed by atoms with Gasteiger partial charge in [-0.3, -0.25) is 19.3 Å². The molecule has 156 valence electrons. The molecule has 2 aliphatic heterocycles. The molecular weight excluding hydrogens is 382 g/mol. The second kappa shape index (κ2) is 8.57. The molecule has 0 radical (unpaired) electrons. The van der Waals surface area contributed by atoms with Gasteiger partial charge in [0.2, 0.25) is 5.91 Å². The van der Waals surface area contributed by atoms with Crippen molar-refractivity contribution in [3.05, 3.63) is 59.7 Å². The number of ether oxygens (including phenoxy) is 1. The summed E-state index contributed by atoms with van der Waals surface area (Å²) in [5.74, 6) is -0.0297. The summed E-state index contributed by atoms with van der Waals surface area (Å²) in [4.78, 5) is 43.0. The fourth-order valence-electron chi connectivity index (χ4n) is 3.81. The lowest BCUT2D eigenvalue weighted by Crippen LogP contribution is -2.45. The second-order valence-corrected chi connectivity index (χ2v) is 7.69. The molecule has 0 spiro atoms. The maximum atomic E-state index is 12.8. The smallest absolute Gasteiger partial charge is 0.265 e. The van der Waals surface area contributed by atoms with E-state index in [9.17, 15) is 14.4 Å². The van der Waals surface area contributed by atoms with Crippen LogP contribution in [0.3, 0.4) is 0 Å². The monoisotopic (exact) mass is 407 g/mol. The molecule has 0 saturated carbocycles. The highest BCUT2D eigenvalue weighted by atomic mass is 16.5. The number of amides is 3. The molecule has 3 amide bonds. The zero-order valence-corrected chi connectivity index (χ0v) is 17.0. The summed E-state index contributed by atoms with van der Waals surface area (Å²) < 4.78 is 5.52. The number of anilines is 1. The summed E-state index contributed by atoms with van der Waals surface area (Å²) in [7, 11) is 1.72. The molecular formula is C23H25N3O4. The molecule has 0 aromatic heterocycles. The lowest BCUT2D eigenvalue weighted by atomic mass is 10.1. The van der Waals surface area contributed by atoms with E-state index < -0.39 is 0 Å². The van der Waals surface area contributed by atoms with Gasteiger partial charge >= 0.3 is 0 Å². The summed E-state index contributed by atoms with van der Waals surface area (Å²) >= 11 is 0. The normalized spacial score (nSPS) is 15.6. The molecule has 1 fully saturated rings. The lowest BCUT2D eigenvalue weighted by molar-refractivity contribution is -0.131. The molecule has 1 saturated heterocycles. The van der Waals surface area contributed by atoms with E-state index in [1.165, 1.54) is 4.90 Å². The zero-order valence-electron chi connectivity index (χ0n) is 17.0. The van der Waals surface area contributed by atoms with Crippen molar-refractivity contribution in [1.29, 1.82) is 0 Å². The van der Waals surface area contributed by atoms with E-state index in [0.717, 1.165) is 31.5 Å². The van der Waals surface area contributed by atoms with Gasteiger partial charge in [-0.1, -0.05) is 30.3 Å². The maximum absolute atomic E-state index is 12.8. The third-order valence-electron chi connectivity index (χ3n) is 5.52. The Morgan fingerprint density at radius 1 is 1.07 bits per heavy atom. The maximum Gasteiger partial charge on any atom is 0.265 e. The van der Waals surface area contributed by atoms with Crippen LogP contribution in [0.2, 0.25) is 0 Å². The fraction of sp³-hybridized carbons (Fsp3) is 0.348. The second-order valence-electron chi connectivity index (χ2n) is 7.69. The van der Waals surface area contributed by atoms with Crippen molar-refractivity contribution in [3.63, 3.8) is 0 Å². The van der Waals surface area contributed by atoms with Crippen molar-refractivity contribution in [2.24, 2.45) is 0 Å². The molecule has 0 N–H and O–H groups in total. The number of nitrogens with zero attached hydrogens (tertiary/aromatic N) is 3. The van der Waals surface area contributed by atoms with Gasteiger partial charge in [0.25, 0.3) is 11.8 Å². The number of fused-ring (bicyclic) bond motifs is 1. The Labute approximate surface area is 175 Å². The summed E-state index contributed by atoms with van der Waals surface area (Å²) in [6.45, 7) is 1.73. The summed E-state index contributed by atoms with van der Waals surface area (Å²) in [5, 5.41) is 0. The first-order valence-corrected chi connectivity index (χ1v) is 10.2. The van der Waals surface area contributed by atoms with Gasteiger partial charge in [0, 0.05) is 32.2 Å². The van der Waals surface area contributed by atoms with Gasteiger partial charge in [-0.2, -0.15) is 0 Å². The molecule has 2 heterocycles. The van der Waals surface area contributed by atoms with Crippen LogP contribution in [0.15, 0.2) is 48.5 Å². The van der Waals surface area contributed by atoms with Crippen LogP contribution in [0.25, 0.3) is 0 Å². The standard InChI is InChI=1S/C23H25N3O4/c1-24(14-17-7-3-2-4-8-17)21(27)15-26-19-13-18(23(29)25-11-5-6-12-25)9-10-20(19)30-16-22(26)28/h2-4,7-10,13H,5-6,11-12,14-16H2,1H3. The van der Waals surface area contributed by atoms with E-state index in [2.05, 4.69) is 0 Å². The van der Waals surface area contributed by atoms with Crippen LogP contribution in [0, 0.1) is 0 Å². The van der Waals surface area contributed by atoms with E-state index in [0.29, 0.717) is 23.5 Å². The number of rotatable bonds is 5. The van der Waals surface area contributed by atoms with Crippen molar-refractivity contribution in [1.82, 2.24) is 9.80 Å². The first-order chi connectivity index (χ1) is 14.5. The van der Waals surface area contributed by atoms with E-state index in [1.807, 2.05) is 35.2 Å². The lowest BCUT2D eigenvalue weighted by Gasteiger charge is -2.31. The van der Waals surface area contributed by atoms with Gasteiger partial charge in [-0.05, 0) is 36.6 Å². The topological polar surface area (TPSA) is 70.2 Å². The predicted octanol–water partition coefficient (Wildman–Crippen LogP) is 2.31. The Balaban J connectivity index is 1.52. The van der Waals surface area contributed by atoms with Crippen molar-refractivity contribution >= 4 is 23.4 Å². The fourth-order valence-corrected chi connectivity index (χ4v) is 3.81. The number of carbonyl (C=O) groups excluding carboxylic acids is 3. The number of likely N-dealkylation sites (tertiary alicyclic amines) is 1. The third kappa shape index (κ3) is 4.15. The van der Waals surface area contributed by atoms with E-state index in [4.69, 9.17) is 4.74 Å². The summed E-state index contributed by atoms with van der Waals surface area (Å²) in [6, 6.07) is 14.8. The number of carbonyl (C=O) groups is 3. The van der Waals surface area contributed by atoms with Crippen molar-refractivity contribution < 1.29 is 19.1 Å². The Kier molecular flexibility index (Phi) is 5.70. The molecule has 2 aromatic carbocycles. The number of benzene rings is 2. The minimum atomic E-state index is -0.297. The van der Waals surface area contributed by atoms with Crippen LogP contribution >= 0.6 is 0 Å². The Morgan fingerprint density at radius 3 is 2.53 bits per heavy atom. The first kappa shape index (κ1) is 19.9. The molecule has 0 bridgehead atoms. The quantitative estimate of drug-likeness (QED) is 0.763. The van der Waals surface area contributed by atoms with Crippen LogP contribution in [0.5, 0.6) is 5.75 Å². The van der Waals surface area contributed by atoms with Crippen molar-refractivity contribution in [2.75, 3.05) is 38.2 Å². The minimum Gasteiger partial charge on any atom is -0.482 e. The Morgan fingerprint density at radius 2 is 1.80 bits per heavy atom. The van der Waals surface area contributed by atoms with Crippen LogP contribution < -0.4 is 9.64 Å². The van der Waals surface area contributed by atoms with E-state index in [-0.39, 0.29) is 30.9 Å². The average Bonchev–Trinajstić information content (AvgIpc) is 3.30. The highest BCUT2D eigenvalue weighted by molar-refractivity contribution is 6.04. The van der Waals surface area contributed by atoms with E-state index in [1.54, 1.807) is 30.1 Å². The highest BCUT2D eigenvalue weighted by Gasteiger charge is 2.30. The Hall–Kier alpha value is -3.35. The molecule has 7 heteroatoms. The molecule has 0 unspecified atom stereocenters. The number of hydrogen-bond donors (Lipinski definition) is 0. The molecule has 0 atom stereocenters. The van der Waals surface area contributed by atoms with Gasteiger partial charge < -0.3 is 14.5 Å². The van der Waals surface area contributed by atoms with Gasteiger partial charge in [-0.15, -0.1) is 0 Å². The summed E-state index contributed by atoms with van der Waals surface area (Å²) in [6.07, 6.45) is 2.01. The summed E-state index contributed by atoms with van der Waals surface area (Å²) in [5.41, 5.74) is 1.99. The first-order valence-electron chi connectivity index (χ1n) is 10.2. The number of hydrogen-bond acceptors (Lipinski definition) is 4. The van der Waals surface area contributed by atoms with Crippen molar-refractivity contribution in [2.45, 2.75) is 19.4 Å². The van der Waals surface area contributed by atoms with Crippen LogP contribution in [-0.4, -0.2) is 60.8 Å². The molecule has 0 aliphatic carbocycles. The third-order valence-corrected chi connectivity index (χ3v) is 5.52. The van der Waals surface area contributed by atoms with Gasteiger partial charge in [0.05, 0.1) is 5.69 Å². The molecule has 2 aliphatic rings. The van der Waals surface area contributed by atoms with Crippen LogP contribution in [-0.2, 0) is 16.1 Å². The van der Waals surface area contributed by atoms with Gasteiger partial charge in [-0.25, -0.2) is 0 Å². The molecule has 4 rings (SSSR count). The SMILES string of the molecule is CN(Cc1ccccc1)C(=O)CN1C(=O)COc2ccc(C(=O)N3CCCC3)cc21. The Bertz CT molecular complexity index is 954. The average molecular weight is 407 g/mol. The predicted molar refractivity (Wildman–Crippen MR) is 112 cm³/mol. The minimum absolute atomic E-state index is 0.0548. The number of likely N-dealkylation sites (N-methyl/N-ethyl adjacent to an activating group) is 1.